The van der Waals surface area contributed by atoms with Gasteiger partial charge in [-0.05, 0) is 6.07 Å². The van der Waals surface area contributed by atoms with Crippen LogP contribution in [0.2, 0.25) is 0 Å². The highest BCUT2D eigenvalue weighted by molar-refractivity contribution is 6.02. The predicted octanol–water partition coefficient (Wildman–Crippen LogP) is 1.68. The summed E-state index contributed by atoms with van der Waals surface area (Å²) >= 11 is 0. The molecule has 0 saturated carbocycles. The van der Waals surface area contributed by atoms with Crippen LogP contribution in [0.4, 0.5) is 0 Å². The number of hydrogen-bond acceptors (Lipinski definition) is 2. The van der Waals surface area contributed by atoms with E-state index in [1.54, 1.807) is 12.3 Å². The monoisotopic (exact) mass is 198 g/mol. The van der Waals surface area contributed by atoms with Gasteiger partial charge >= 0.3 is 5.97 Å². The number of fused-ring (bicyclic) bond motifs is 1. The normalized spacial score (nSPS) is 9.54. The average Bonchev–Trinajstić information content (AvgIpc) is 2.47. The fourth-order valence-corrected chi connectivity index (χ4v) is 1.14. The van der Waals surface area contributed by atoms with Crippen molar-refractivity contribution < 1.29 is 9.90 Å². The summed E-state index contributed by atoms with van der Waals surface area (Å²) in [7, 11) is 0. The standard InChI is InChI=1S/C8H6N2O2.ClH/c11-8(12)6-4-10-7-1-2-9-3-5(6)7;/h1-4,10H,(H,11,12);1H. The van der Waals surface area contributed by atoms with Crippen molar-refractivity contribution >= 4 is 29.3 Å². The fraction of sp³-hybridized carbons (Fsp3) is 0. The number of carboxylic acid groups (broad SMARTS) is 1. The number of carboxylic acids is 1. The molecule has 2 aromatic heterocycles. The van der Waals surface area contributed by atoms with Crippen LogP contribution in [0.3, 0.4) is 0 Å². The van der Waals surface area contributed by atoms with E-state index >= 15 is 0 Å². The summed E-state index contributed by atoms with van der Waals surface area (Å²) in [5, 5.41) is 9.37. The predicted molar refractivity (Wildman–Crippen MR) is 50.3 cm³/mol. The molecule has 0 amide bonds. The van der Waals surface area contributed by atoms with E-state index in [9.17, 15) is 4.79 Å². The molecule has 0 spiro atoms. The van der Waals surface area contributed by atoms with Crippen LogP contribution in [0.25, 0.3) is 10.9 Å². The average molecular weight is 199 g/mol. The number of hydrogen-bond donors (Lipinski definition) is 2. The number of aromatic nitrogens is 2. The highest BCUT2D eigenvalue weighted by atomic mass is 35.5. The Morgan fingerprint density at radius 3 is 3.00 bits per heavy atom. The highest BCUT2D eigenvalue weighted by Crippen LogP contribution is 2.15. The smallest absolute Gasteiger partial charge is 0.337 e. The largest absolute Gasteiger partial charge is 0.478 e. The van der Waals surface area contributed by atoms with Gasteiger partial charge in [0.05, 0.1) is 5.56 Å². The third kappa shape index (κ3) is 1.48. The second-order valence-corrected chi connectivity index (χ2v) is 2.43. The third-order valence-corrected chi connectivity index (χ3v) is 1.71. The van der Waals surface area contributed by atoms with E-state index < -0.39 is 5.97 Å². The Balaban J connectivity index is 0.000000845. The fourth-order valence-electron chi connectivity index (χ4n) is 1.14. The lowest BCUT2D eigenvalue weighted by Crippen LogP contribution is -1.93. The van der Waals surface area contributed by atoms with Crippen molar-refractivity contribution in [2.45, 2.75) is 0 Å². The molecule has 0 fully saturated rings. The number of carbonyl (C=O) groups is 1. The number of rotatable bonds is 1. The zero-order chi connectivity index (χ0) is 8.55. The summed E-state index contributed by atoms with van der Waals surface area (Å²) in [4.78, 5) is 17.3. The van der Waals surface area contributed by atoms with Crippen LogP contribution in [0.15, 0.2) is 24.7 Å². The van der Waals surface area contributed by atoms with E-state index in [4.69, 9.17) is 5.11 Å². The molecule has 0 aliphatic carbocycles. The van der Waals surface area contributed by atoms with E-state index in [0.29, 0.717) is 5.39 Å². The molecule has 2 aromatic rings. The Hall–Kier alpha value is -1.55. The van der Waals surface area contributed by atoms with Crippen molar-refractivity contribution in [2.75, 3.05) is 0 Å². The van der Waals surface area contributed by atoms with E-state index in [1.165, 1.54) is 12.4 Å². The summed E-state index contributed by atoms with van der Waals surface area (Å²) in [5.41, 5.74) is 1.06. The first-order valence-electron chi connectivity index (χ1n) is 3.43. The number of nitrogens with zero attached hydrogens (tertiary/aromatic N) is 1. The van der Waals surface area contributed by atoms with Crippen molar-refractivity contribution in [1.29, 1.82) is 0 Å². The molecular weight excluding hydrogens is 192 g/mol. The van der Waals surface area contributed by atoms with E-state index in [-0.39, 0.29) is 18.0 Å². The molecule has 4 nitrogen and oxygen atoms in total. The van der Waals surface area contributed by atoms with Gasteiger partial charge in [0, 0.05) is 29.5 Å². The molecule has 0 radical (unpaired) electrons. The molecule has 0 bridgehead atoms. The first kappa shape index (κ1) is 9.54. The van der Waals surface area contributed by atoms with Crippen LogP contribution >= 0.6 is 12.4 Å². The molecule has 68 valence electrons. The molecule has 0 atom stereocenters. The lowest BCUT2D eigenvalue weighted by Gasteiger charge is -1.88. The minimum absolute atomic E-state index is 0. The number of halogens is 1. The molecule has 0 aromatic carbocycles. The van der Waals surface area contributed by atoms with Gasteiger partial charge in [0.2, 0.25) is 0 Å². The second-order valence-electron chi connectivity index (χ2n) is 2.43. The zero-order valence-corrected chi connectivity index (χ0v) is 7.34. The van der Waals surface area contributed by atoms with Crippen LogP contribution in [-0.2, 0) is 0 Å². The number of aromatic amines is 1. The Morgan fingerprint density at radius 2 is 2.31 bits per heavy atom. The quantitative estimate of drug-likeness (QED) is 0.733. The van der Waals surface area contributed by atoms with Gasteiger partial charge in [-0.1, -0.05) is 0 Å². The van der Waals surface area contributed by atoms with Crippen LogP contribution in [0.5, 0.6) is 0 Å². The maximum Gasteiger partial charge on any atom is 0.337 e. The van der Waals surface area contributed by atoms with Gasteiger partial charge in [0.15, 0.2) is 0 Å². The van der Waals surface area contributed by atoms with Crippen molar-refractivity contribution in [3.63, 3.8) is 0 Å². The Kier molecular flexibility index (Phi) is 2.53. The van der Waals surface area contributed by atoms with Gasteiger partial charge in [-0.15, -0.1) is 12.4 Å². The summed E-state index contributed by atoms with van der Waals surface area (Å²) in [5.74, 6) is -0.936. The van der Waals surface area contributed by atoms with Crippen LogP contribution < -0.4 is 0 Å². The van der Waals surface area contributed by atoms with Gasteiger partial charge in [0.25, 0.3) is 0 Å². The maximum absolute atomic E-state index is 10.6. The number of aromatic carboxylic acids is 1. The molecule has 0 saturated heterocycles. The summed E-state index contributed by atoms with van der Waals surface area (Å²) in [6, 6.07) is 1.74. The van der Waals surface area contributed by atoms with E-state index in [0.717, 1.165) is 5.52 Å². The number of nitrogens with one attached hydrogen (secondary N) is 1. The van der Waals surface area contributed by atoms with E-state index in [2.05, 4.69) is 9.97 Å². The van der Waals surface area contributed by atoms with Crippen LogP contribution in [0.1, 0.15) is 10.4 Å². The molecular formula is C8H7ClN2O2. The third-order valence-electron chi connectivity index (χ3n) is 1.71. The Bertz CT molecular complexity index is 438. The second kappa shape index (κ2) is 3.45. The van der Waals surface area contributed by atoms with Gasteiger partial charge in [-0.2, -0.15) is 0 Å². The summed E-state index contributed by atoms with van der Waals surface area (Å²) in [6.45, 7) is 0. The van der Waals surface area contributed by atoms with Gasteiger partial charge in [-0.25, -0.2) is 4.79 Å². The molecule has 2 rings (SSSR count). The molecule has 0 aliphatic heterocycles. The first-order valence-corrected chi connectivity index (χ1v) is 3.43. The Labute approximate surface area is 80.0 Å². The highest BCUT2D eigenvalue weighted by Gasteiger charge is 2.08. The lowest BCUT2D eigenvalue weighted by atomic mass is 10.2. The minimum Gasteiger partial charge on any atom is -0.478 e. The Morgan fingerprint density at radius 1 is 1.54 bits per heavy atom. The molecule has 13 heavy (non-hydrogen) atoms. The van der Waals surface area contributed by atoms with E-state index in [1.807, 2.05) is 0 Å². The molecule has 5 heteroatoms. The van der Waals surface area contributed by atoms with Crippen LogP contribution in [0, 0.1) is 0 Å². The summed E-state index contributed by atoms with van der Waals surface area (Å²) in [6.07, 6.45) is 4.62. The van der Waals surface area contributed by atoms with Crippen LogP contribution in [-0.4, -0.2) is 21.0 Å². The van der Waals surface area contributed by atoms with Crippen molar-refractivity contribution in [2.24, 2.45) is 0 Å². The first-order chi connectivity index (χ1) is 5.79. The minimum atomic E-state index is -0.936. The summed E-state index contributed by atoms with van der Waals surface area (Å²) < 4.78 is 0. The van der Waals surface area contributed by atoms with Gasteiger partial charge in [0.1, 0.15) is 0 Å². The topological polar surface area (TPSA) is 66.0 Å². The van der Waals surface area contributed by atoms with Crippen molar-refractivity contribution in [3.8, 4) is 0 Å². The maximum atomic E-state index is 10.6. The molecule has 2 N–H and O–H groups in total. The van der Waals surface area contributed by atoms with Gasteiger partial charge < -0.3 is 10.1 Å². The van der Waals surface area contributed by atoms with Gasteiger partial charge in [-0.3, -0.25) is 4.98 Å². The van der Waals surface area contributed by atoms with Crippen molar-refractivity contribution in [1.82, 2.24) is 9.97 Å². The lowest BCUT2D eigenvalue weighted by molar-refractivity contribution is 0.0699. The zero-order valence-electron chi connectivity index (χ0n) is 6.52. The van der Waals surface area contributed by atoms with Crippen molar-refractivity contribution in [3.05, 3.63) is 30.2 Å². The number of pyridine rings is 1. The molecule has 2 heterocycles. The SMILES string of the molecule is Cl.O=C(O)c1c[nH]c2ccncc12. The number of H-pyrrole nitrogens is 1. The molecule has 0 aliphatic rings. The molecule has 0 unspecified atom stereocenters.